The number of ether oxygens (including phenoxy) is 1. The summed E-state index contributed by atoms with van der Waals surface area (Å²) in [6, 6.07) is 9.52. The molecule has 2 rings (SSSR count). The lowest BCUT2D eigenvalue weighted by Gasteiger charge is -2.24. The Kier molecular flexibility index (Phi) is 4.75. The number of hydrogen-bond donors (Lipinski definition) is 0. The summed E-state index contributed by atoms with van der Waals surface area (Å²) < 4.78 is 6.81. The van der Waals surface area contributed by atoms with Crippen LogP contribution in [-0.4, -0.2) is 28.6 Å². The SMILES string of the molecule is CCOC(=O)c1cnn(-c2ccccc2)c1C(C)(C)CC=O. The molecule has 0 N–H and O–H groups in total. The van der Waals surface area contributed by atoms with E-state index in [4.69, 9.17) is 4.74 Å². The predicted molar refractivity (Wildman–Crippen MR) is 83.2 cm³/mol. The van der Waals surface area contributed by atoms with E-state index in [1.807, 2.05) is 44.2 Å². The van der Waals surface area contributed by atoms with Crippen LogP contribution in [0, 0.1) is 0 Å². The molecule has 2 aromatic rings. The van der Waals surface area contributed by atoms with E-state index < -0.39 is 11.4 Å². The number of benzene rings is 1. The van der Waals surface area contributed by atoms with Crippen LogP contribution in [-0.2, 0) is 14.9 Å². The molecule has 0 bridgehead atoms. The van der Waals surface area contributed by atoms with Crippen molar-refractivity contribution in [3.05, 3.63) is 47.8 Å². The average Bonchev–Trinajstić information content (AvgIpc) is 2.94. The molecule has 22 heavy (non-hydrogen) atoms. The van der Waals surface area contributed by atoms with Gasteiger partial charge in [0.05, 0.1) is 24.2 Å². The minimum Gasteiger partial charge on any atom is -0.462 e. The van der Waals surface area contributed by atoms with Crippen molar-refractivity contribution in [2.75, 3.05) is 6.61 Å². The number of para-hydroxylation sites is 1. The predicted octanol–water partition coefficient (Wildman–Crippen LogP) is 2.92. The minimum atomic E-state index is -0.532. The van der Waals surface area contributed by atoms with Crippen molar-refractivity contribution in [3.8, 4) is 5.69 Å². The Morgan fingerprint density at radius 3 is 2.59 bits per heavy atom. The summed E-state index contributed by atoms with van der Waals surface area (Å²) in [4.78, 5) is 23.2. The smallest absolute Gasteiger partial charge is 0.341 e. The molecule has 0 radical (unpaired) electrons. The molecule has 0 amide bonds. The number of carbonyl (C=O) groups excluding carboxylic acids is 2. The second-order valence-electron chi connectivity index (χ2n) is 5.63. The summed E-state index contributed by atoms with van der Waals surface area (Å²) in [6.45, 7) is 5.89. The Morgan fingerprint density at radius 2 is 2.00 bits per heavy atom. The standard InChI is InChI=1S/C17H20N2O3/c1-4-22-16(21)14-12-18-19(13-8-6-5-7-9-13)15(14)17(2,3)10-11-20/h5-9,11-12H,4,10H2,1-3H3. The van der Waals surface area contributed by atoms with Crippen LogP contribution in [0.5, 0.6) is 0 Å². The van der Waals surface area contributed by atoms with Crippen LogP contribution in [0.1, 0.15) is 43.2 Å². The average molecular weight is 300 g/mol. The molecule has 0 unspecified atom stereocenters. The first-order chi connectivity index (χ1) is 10.5. The highest BCUT2D eigenvalue weighted by atomic mass is 16.5. The molecule has 0 saturated heterocycles. The Morgan fingerprint density at radius 1 is 1.32 bits per heavy atom. The molecule has 5 nitrogen and oxygen atoms in total. The van der Waals surface area contributed by atoms with E-state index in [1.54, 1.807) is 11.6 Å². The number of carbonyl (C=O) groups is 2. The van der Waals surface area contributed by atoms with Gasteiger partial charge in [0.1, 0.15) is 11.8 Å². The van der Waals surface area contributed by atoms with E-state index in [1.165, 1.54) is 6.20 Å². The summed E-state index contributed by atoms with van der Waals surface area (Å²) >= 11 is 0. The van der Waals surface area contributed by atoms with Crippen LogP contribution in [0.25, 0.3) is 5.69 Å². The molecule has 1 aromatic carbocycles. The highest BCUT2D eigenvalue weighted by molar-refractivity contribution is 5.91. The van der Waals surface area contributed by atoms with E-state index in [-0.39, 0.29) is 6.42 Å². The van der Waals surface area contributed by atoms with Gasteiger partial charge in [-0.2, -0.15) is 5.10 Å². The summed E-state index contributed by atoms with van der Waals surface area (Å²) in [5.74, 6) is -0.418. The lowest BCUT2D eigenvalue weighted by Crippen LogP contribution is -2.25. The van der Waals surface area contributed by atoms with Gasteiger partial charge < -0.3 is 9.53 Å². The third-order valence-corrected chi connectivity index (χ3v) is 3.50. The summed E-state index contributed by atoms with van der Waals surface area (Å²) in [5.41, 5.74) is 1.39. The van der Waals surface area contributed by atoms with Gasteiger partial charge in [-0.25, -0.2) is 9.48 Å². The second kappa shape index (κ2) is 6.56. The first kappa shape index (κ1) is 15.9. The monoisotopic (exact) mass is 300 g/mol. The van der Waals surface area contributed by atoms with Crippen LogP contribution in [0.3, 0.4) is 0 Å². The van der Waals surface area contributed by atoms with Crippen molar-refractivity contribution in [1.29, 1.82) is 0 Å². The summed E-state index contributed by atoms with van der Waals surface area (Å²) in [7, 11) is 0. The molecule has 0 aliphatic rings. The molecule has 1 aromatic heterocycles. The quantitative estimate of drug-likeness (QED) is 0.608. The van der Waals surface area contributed by atoms with Gasteiger partial charge in [0, 0.05) is 11.8 Å². The molecule has 0 spiro atoms. The summed E-state index contributed by atoms with van der Waals surface area (Å²) in [5, 5.41) is 4.34. The maximum absolute atomic E-state index is 12.2. The van der Waals surface area contributed by atoms with Gasteiger partial charge >= 0.3 is 5.97 Å². The van der Waals surface area contributed by atoms with Gasteiger partial charge in [0.2, 0.25) is 0 Å². The number of aromatic nitrogens is 2. The van der Waals surface area contributed by atoms with Crippen molar-refractivity contribution in [2.24, 2.45) is 0 Å². The molecule has 116 valence electrons. The molecular weight excluding hydrogens is 280 g/mol. The topological polar surface area (TPSA) is 61.2 Å². The van der Waals surface area contributed by atoms with Gasteiger partial charge in [-0.3, -0.25) is 0 Å². The number of aldehydes is 1. The minimum absolute atomic E-state index is 0.290. The second-order valence-corrected chi connectivity index (χ2v) is 5.63. The number of nitrogens with zero attached hydrogens (tertiary/aromatic N) is 2. The molecule has 0 fully saturated rings. The van der Waals surface area contributed by atoms with Crippen LogP contribution < -0.4 is 0 Å². The van der Waals surface area contributed by atoms with Gasteiger partial charge in [-0.05, 0) is 19.1 Å². The van der Waals surface area contributed by atoms with E-state index in [0.29, 0.717) is 17.9 Å². The number of rotatable bonds is 6. The van der Waals surface area contributed by atoms with E-state index >= 15 is 0 Å². The zero-order valence-corrected chi connectivity index (χ0v) is 13.1. The Balaban J connectivity index is 2.60. The van der Waals surface area contributed by atoms with Crippen molar-refractivity contribution in [3.63, 3.8) is 0 Å². The molecule has 5 heteroatoms. The Hall–Kier alpha value is -2.43. The molecular formula is C17H20N2O3. The Bertz CT molecular complexity index is 660. The maximum Gasteiger partial charge on any atom is 0.341 e. The molecule has 0 aliphatic heterocycles. The van der Waals surface area contributed by atoms with Crippen LogP contribution in [0.4, 0.5) is 0 Å². The molecule has 0 aliphatic carbocycles. The zero-order valence-electron chi connectivity index (χ0n) is 13.1. The van der Waals surface area contributed by atoms with Crippen molar-refractivity contribution in [2.45, 2.75) is 32.6 Å². The number of esters is 1. The first-order valence-electron chi connectivity index (χ1n) is 7.26. The fraction of sp³-hybridized carbons (Fsp3) is 0.353. The third kappa shape index (κ3) is 3.08. The van der Waals surface area contributed by atoms with Crippen LogP contribution in [0.2, 0.25) is 0 Å². The first-order valence-corrected chi connectivity index (χ1v) is 7.26. The van der Waals surface area contributed by atoms with E-state index in [0.717, 1.165) is 12.0 Å². The molecule has 1 heterocycles. The van der Waals surface area contributed by atoms with E-state index in [9.17, 15) is 9.59 Å². The molecule has 0 saturated carbocycles. The van der Waals surface area contributed by atoms with Gasteiger partial charge in [0.25, 0.3) is 0 Å². The van der Waals surface area contributed by atoms with E-state index in [2.05, 4.69) is 5.10 Å². The Labute approximate surface area is 129 Å². The van der Waals surface area contributed by atoms with Crippen molar-refractivity contribution >= 4 is 12.3 Å². The van der Waals surface area contributed by atoms with Crippen LogP contribution >= 0.6 is 0 Å². The van der Waals surface area contributed by atoms with Gasteiger partial charge in [-0.15, -0.1) is 0 Å². The fourth-order valence-electron chi connectivity index (χ4n) is 2.43. The lowest BCUT2D eigenvalue weighted by atomic mass is 9.84. The maximum atomic E-state index is 12.2. The van der Waals surface area contributed by atoms with Gasteiger partial charge in [0.15, 0.2) is 0 Å². The lowest BCUT2D eigenvalue weighted by molar-refractivity contribution is -0.108. The van der Waals surface area contributed by atoms with Crippen molar-refractivity contribution < 1.29 is 14.3 Å². The summed E-state index contributed by atoms with van der Waals surface area (Å²) in [6.07, 6.45) is 2.65. The fourth-order valence-corrected chi connectivity index (χ4v) is 2.43. The largest absolute Gasteiger partial charge is 0.462 e. The normalized spacial score (nSPS) is 11.2. The highest BCUT2D eigenvalue weighted by Gasteiger charge is 2.32. The zero-order chi connectivity index (χ0) is 16.2. The molecule has 0 atom stereocenters. The third-order valence-electron chi connectivity index (χ3n) is 3.50. The van der Waals surface area contributed by atoms with Crippen LogP contribution in [0.15, 0.2) is 36.5 Å². The van der Waals surface area contributed by atoms with Crippen molar-refractivity contribution in [1.82, 2.24) is 9.78 Å². The number of hydrogen-bond acceptors (Lipinski definition) is 4. The highest BCUT2D eigenvalue weighted by Crippen LogP contribution is 2.31. The van der Waals surface area contributed by atoms with Gasteiger partial charge in [-0.1, -0.05) is 32.0 Å².